The van der Waals surface area contributed by atoms with Gasteiger partial charge in [0, 0.05) is 38.7 Å². The molecule has 0 radical (unpaired) electrons. The first-order valence-electron chi connectivity index (χ1n) is 8.87. The molecule has 0 unspecified atom stereocenters. The molecule has 1 aliphatic heterocycles. The summed E-state index contributed by atoms with van der Waals surface area (Å²) in [5.41, 5.74) is -0.295. The predicted octanol–water partition coefficient (Wildman–Crippen LogP) is 2.63. The zero-order valence-corrected chi connectivity index (χ0v) is 20.4. The van der Waals surface area contributed by atoms with Crippen LogP contribution in [0.25, 0.3) is 0 Å². The van der Waals surface area contributed by atoms with E-state index in [2.05, 4.69) is 15.6 Å². The van der Waals surface area contributed by atoms with Crippen molar-refractivity contribution < 1.29 is 13.2 Å². The van der Waals surface area contributed by atoms with Crippen molar-refractivity contribution in [2.24, 2.45) is 4.99 Å². The van der Waals surface area contributed by atoms with Crippen LogP contribution in [0, 0.1) is 0 Å². The number of hydrogen-bond donors (Lipinski definition) is 2. The van der Waals surface area contributed by atoms with E-state index in [4.69, 9.17) is 4.74 Å². The van der Waals surface area contributed by atoms with Gasteiger partial charge in [0.15, 0.2) is 5.96 Å². The Balaban J connectivity index is 0.00000364. The fourth-order valence-electron chi connectivity index (χ4n) is 2.58. The Morgan fingerprint density at radius 2 is 1.93 bits per heavy atom. The SMILES string of the molecule is CN=C(NCc1ccc(S(=O)(=O)N2CCCCC2)s1)NCC(C)(C)OC.I. The first-order valence-corrected chi connectivity index (χ1v) is 11.1. The van der Waals surface area contributed by atoms with E-state index in [1.165, 1.54) is 11.3 Å². The Labute approximate surface area is 184 Å². The molecule has 27 heavy (non-hydrogen) atoms. The second-order valence-corrected chi connectivity index (χ2v) is 10.3. The van der Waals surface area contributed by atoms with E-state index in [1.807, 2.05) is 19.9 Å². The number of ether oxygens (including phenoxy) is 1. The molecule has 0 aliphatic carbocycles. The zero-order chi connectivity index (χ0) is 19.2. The van der Waals surface area contributed by atoms with Crippen molar-refractivity contribution in [1.29, 1.82) is 0 Å². The van der Waals surface area contributed by atoms with E-state index in [9.17, 15) is 8.42 Å². The lowest BCUT2D eigenvalue weighted by molar-refractivity contribution is 0.0268. The number of thiophene rings is 1. The summed E-state index contributed by atoms with van der Waals surface area (Å²) in [5, 5.41) is 6.42. The molecule has 0 saturated carbocycles. The van der Waals surface area contributed by atoms with E-state index in [0.717, 1.165) is 24.1 Å². The number of guanidine groups is 1. The quantitative estimate of drug-likeness (QED) is 0.322. The number of halogens is 1. The van der Waals surface area contributed by atoms with Crippen molar-refractivity contribution in [2.75, 3.05) is 33.8 Å². The van der Waals surface area contributed by atoms with Gasteiger partial charge in [0.2, 0.25) is 0 Å². The highest BCUT2D eigenvalue weighted by atomic mass is 127. The van der Waals surface area contributed by atoms with Gasteiger partial charge in [0.05, 0.1) is 12.1 Å². The molecule has 0 amide bonds. The number of rotatable bonds is 7. The van der Waals surface area contributed by atoms with Gasteiger partial charge in [-0.15, -0.1) is 35.3 Å². The molecule has 2 heterocycles. The average Bonchev–Trinajstić information content (AvgIpc) is 3.12. The van der Waals surface area contributed by atoms with Crippen molar-refractivity contribution in [2.45, 2.75) is 49.5 Å². The van der Waals surface area contributed by atoms with Crippen LogP contribution in [0.1, 0.15) is 38.0 Å². The molecule has 156 valence electrons. The molecule has 1 aliphatic rings. The Hall–Kier alpha value is -0.430. The summed E-state index contributed by atoms with van der Waals surface area (Å²) in [7, 11) is 0.0220. The molecule has 0 atom stereocenters. The van der Waals surface area contributed by atoms with Crippen molar-refractivity contribution in [3.05, 3.63) is 17.0 Å². The van der Waals surface area contributed by atoms with E-state index in [0.29, 0.717) is 36.3 Å². The normalized spacial score (nSPS) is 16.7. The monoisotopic (exact) mass is 530 g/mol. The molecule has 1 saturated heterocycles. The van der Waals surface area contributed by atoms with Gasteiger partial charge in [-0.2, -0.15) is 4.31 Å². The second kappa shape index (κ2) is 10.9. The number of nitrogens with one attached hydrogen (secondary N) is 2. The minimum Gasteiger partial charge on any atom is -0.377 e. The van der Waals surface area contributed by atoms with E-state index in [-0.39, 0.29) is 29.6 Å². The van der Waals surface area contributed by atoms with Crippen LogP contribution in [0.4, 0.5) is 0 Å². The molecule has 0 spiro atoms. The van der Waals surface area contributed by atoms with Crippen LogP contribution < -0.4 is 10.6 Å². The first-order chi connectivity index (χ1) is 12.3. The number of hydrogen-bond acceptors (Lipinski definition) is 5. The van der Waals surface area contributed by atoms with Gasteiger partial charge in [-0.1, -0.05) is 6.42 Å². The van der Waals surface area contributed by atoms with Gasteiger partial charge in [0.1, 0.15) is 4.21 Å². The largest absolute Gasteiger partial charge is 0.377 e. The first kappa shape index (κ1) is 24.6. The van der Waals surface area contributed by atoms with Crippen LogP contribution in [-0.2, 0) is 21.3 Å². The minimum atomic E-state index is -3.36. The topological polar surface area (TPSA) is 83.0 Å². The van der Waals surface area contributed by atoms with Crippen LogP contribution in [0.5, 0.6) is 0 Å². The Morgan fingerprint density at radius 3 is 2.52 bits per heavy atom. The van der Waals surface area contributed by atoms with Gasteiger partial charge < -0.3 is 15.4 Å². The van der Waals surface area contributed by atoms with Crippen LogP contribution in [0.15, 0.2) is 21.3 Å². The molecule has 2 N–H and O–H groups in total. The zero-order valence-electron chi connectivity index (χ0n) is 16.4. The van der Waals surface area contributed by atoms with Gasteiger partial charge in [-0.05, 0) is 38.8 Å². The molecular formula is C17H31IN4O3S2. The average molecular weight is 530 g/mol. The molecule has 1 aromatic rings. The summed E-state index contributed by atoms with van der Waals surface area (Å²) >= 11 is 1.31. The molecule has 7 nitrogen and oxygen atoms in total. The maximum Gasteiger partial charge on any atom is 0.252 e. The summed E-state index contributed by atoms with van der Waals surface area (Å²) in [6, 6.07) is 3.57. The van der Waals surface area contributed by atoms with Crippen LogP contribution >= 0.6 is 35.3 Å². The summed E-state index contributed by atoms with van der Waals surface area (Å²) in [4.78, 5) is 5.14. The Bertz CT molecular complexity index is 714. The number of aliphatic imine (C=N–C) groups is 1. The number of nitrogens with zero attached hydrogens (tertiary/aromatic N) is 2. The lowest BCUT2D eigenvalue weighted by Gasteiger charge is -2.25. The maximum atomic E-state index is 12.7. The smallest absolute Gasteiger partial charge is 0.252 e. The van der Waals surface area contributed by atoms with Gasteiger partial charge >= 0.3 is 0 Å². The highest BCUT2D eigenvalue weighted by Crippen LogP contribution is 2.27. The summed E-state index contributed by atoms with van der Waals surface area (Å²) in [5.74, 6) is 0.656. The molecule has 2 rings (SSSR count). The molecule has 1 fully saturated rings. The Morgan fingerprint density at radius 1 is 1.26 bits per heavy atom. The van der Waals surface area contributed by atoms with Gasteiger partial charge in [-0.25, -0.2) is 8.42 Å². The predicted molar refractivity (Wildman–Crippen MR) is 122 cm³/mol. The summed E-state index contributed by atoms with van der Waals surface area (Å²) < 4.78 is 32.8. The summed E-state index contributed by atoms with van der Waals surface area (Å²) in [6.45, 7) is 6.36. The number of sulfonamides is 1. The van der Waals surface area contributed by atoms with Crippen molar-refractivity contribution in [3.8, 4) is 0 Å². The molecule has 0 bridgehead atoms. The van der Waals surface area contributed by atoms with Crippen molar-refractivity contribution in [1.82, 2.24) is 14.9 Å². The lowest BCUT2D eigenvalue weighted by atomic mass is 10.1. The summed E-state index contributed by atoms with van der Waals surface area (Å²) in [6.07, 6.45) is 3.00. The molecule has 1 aromatic heterocycles. The fourth-order valence-corrected chi connectivity index (χ4v) is 5.55. The van der Waals surface area contributed by atoms with Crippen molar-refractivity contribution >= 4 is 51.3 Å². The molecule has 10 heteroatoms. The van der Waals surface area contributed by atoms with Gasteiger partial charge in [0.25, 0.3) is 10.0 Å². The van der Waals surface area contributed by atoms with Crippen LogP contribution in [0.3, 0.4) is 0 Å². The fraction of sp³-hybridized carbons (Fsp3) is 0.706. The van der Waals surface area contributed by atoms with Crippen LogP contribution in [0.2, 0.25) is 0 Å². The van der Waals surface area contributed by atoms with Crippen molar-refractivity contribution in [3.63, 3.8) is 0 Å². The maximum absolute atomic E-state index is 12.7. The third-order valence-corrected chi connectivity index (χ3v) is 7.89. The standard InChI is InChI=1S/C17H30N4O3S2.HI/c1-17(2,24-4)13-20-16(18-3)19-12-14-8-9-15(25-14)26(22,23)21-10-6-5-7-11-21;/h8-9H,5-7,10-13H2,1-4H3,(H2,18,19,20);1H. The van der Waals surface area contributed by atoms with E-state index >= 15 is 0 Å². The lowest BCUT2D eigenvalue weighted by Crippen LogP contribution is -2.45. The van der Waals surface area contributed by atoms with Gasteiger partial charge in [-0.3, -0.25) is 4.99 Å². The minimum absolute atomic E-state index is 0. The number of methoxy groups -OCH3 is 1. The third-order valence-electron chi connectivity index (χ3n) is 4.43. The Kier molecular flexibility index (Phi) is 9.97. The van der Waals surface area contributed by atoms with E-state index < -0.39 is 10.0 Å². The number of piperidine rings is 1. The molecular weight excluding hydrogens is 499 g/mol. The molecule has 0 aromatic carbocycles. The second-order valence-electron chi connectivity index (χ2n) is 6.93. The highest BCUT2D eigenvalue weighted by molar-refractivity contribution is 14.0. The van der Waals surface area contributed by atoms with E-state index in [1.54, 1.807) is 24.5 Å². The third kappa shape index (κ3) is 7.15. The highest BCUT2D eigenvalue weighted by Gasteiger charge is 2.27. The van der Waals surface area contributed by atoms with Crippen LogP contribution in [-0.4, -0.2) is 58.1 Å².